The Morgan fingerprint density at radius 2 is 1.07 bits per heavy atom. The van der Waals surface area contributed by atoms with Gasteiger partial charge in [-0.1, -0.05) is 0 Å². The van der Waals surface area contributed by atoms with Gasteiger partial charge in [0.05, 0.1) is 0 Å². The normalized spacial score (nSPS) is 8.40. The van der Waals surface area contributed by atoms with Crippen LogP contribution in [0.25, 0.3) is 0 Å². The molecule has 0 fully saturated rings. The number of ether oxygens (including phenoxy) is 2. The van der Waals surface area contributed by atoms with Crippen LogP contribution in [-0.4, -0.2) is 24.5 Å². The van der Waals surface area contributed by atoms with Crippen LogP contribution in [-0.2, 0) is 29.0 Å². The van der Waals surface area contributed by atoms with Crippen molar-refractivity contribution in [3.05, 3.63) is 0 Å². The summed E-state index contributed by atoms with van der Waals surface area (Å²) in [5, 5.41) is 19.0. The van der Waals surface area contributed by atoms with Crippen molar-refractivity contribution in [2.45, 2.75) is 39.9 Å². The van der Waals surface area contributed by atoms with Gasteiger partial charge in [-0.3, -0.25) is 0 Å². The Morgan fingerprint density at radius 1 is 0.867 bits per heavy atom. The van der Waals surface area contributed by atoms with Crippen LogP contribution in [0.3, 0.4) is 0 Å². The van der Waals surface area contributed by atoms with Gasteiger partial charge in [0.25, 0.3) is 12.3 Å². The first-order valence-corrected chi connectivity index (χ1v) is 4.01. The predicted octanol–water partition coefficient (Wildman–Crippen LogP) is -0.493. The van der Waals surface area contributed by atoms with Crippen LogP contribution < -0.4 is 10.2 Å². The molecule has 0 heterocycles. The Labute approximate surface area is 101 Å². The third-order valence-electron chi connectivity index (χ3n) is 0.664. The van der Waals surface area contributed by atoms with Gasteiger partial charge in [0.2, 0.25) is 0 Å². The maximum atomic E-state index is 9.48. The van der Waals surface area contributed by atoms with Gasteiger partial charge in [0.1, 0.15) is 0 Å². The zero-order chi connectivity index (χ0) is 11.7. The van der Waals surface area contributed by atoms with Crippen molar-refractivity contribution < 1.29 is 48.8 Å². The summed E-state index contributed by atoms with van der Waals surface area (Å²) in [7, 11) is 0. The third kappa shape index (κ3) is 32.0. The maximum Gasteiger partial charge on any atom is 2.00 e. The van der Waals surface area contributed by atoms with E-state index in [1.807, 2.05) is 0 Å². The van der Waals surface area contributed by atoms with Crippen molar-refractivity contribution in [3.8, 4) is 0 Å². The summed E-state index contributed by atoms with van der Waals surface area (Å²) in [4.78, 5) is 19.0. The van der Waals surface area contributed by atoms with Gasteiger partial charge in [-0.15, -0.1) is 0 Å². The minimum atomic E-state index is -1.46. The second-order valence-corrected chi connectivity index (χ2v) is 2.83. The molecule has 7 heteroatoms. The fourth-order valence-corrected chi connectivity index (χ4v) is 0.385. The van der Waals surface area contributed by atoms with Crippen LogP contribution in [0.15, 0.2) is 0 Å². The molecule has 0 N–H and O–H groups in total. The van der Waals surface area contributed by atoms with E-state index in [1.54, 1.807) is 27.7 Å². The molecule has 0 aliphatic carbocycles. The van der Waals surface area contributed by atoms with Crippen molar-refractivity contribution in [2.75, 3.05) is 0 Å². The molecule has 0 spiro atoms. The van der Waals surface area contributed by atoms with E-state index in [1.165, 1.54) is 0 Å². The second kappa shape index (κ2) is 11.2. The Balaban J connectivity index is -0.000000180. The fourth-order valence-electron chi connectivity index (χ4n) is 0.385. The van der Waals surface area contributed by atoms with Crippen molar-refractivity contribution >= 4 is 12.3 Å². The maximum absolute atomic E-state index is 9.48. The molecule has 0 rings (SSSR count). The SMILES string of the molecule is CC(C)OC(=O)[O-].CC(C)OC(=O)[O-].[Zn+2]. The van der Waals surface area contributed by atoms with Crippen LogP contribution in [0.4, 0.5) is 9.59 Å². The number of hydrogen-bond donors (Lipinski definition) is 0. The minimum absolute atomic E-state index is 0. The average Bonchev–Trinajstić information content (AvgIpc) is 1.79. The molecule has 15 heavy (non-hydrogen) atoms. The van der Waals surface area contributed by atoms with Crippen LogP contribution in [0.5, 0.6) is 0 Å². The molecular weight excluding hydrogens is 257 g/mol. The van der Waals surface area contributed by atoms with Crippen molar-refractivity contribution in [1.29, 1.82) is 0 Å². The zero-order valence-electron chi connectivity index (χ0n) is 9.31. The largest absolute Gasteiger partial charge is 2.00 e. The Morgan fingerprint density at radius 3 is 1.07 bits per heavy atom. The van der Waals surface area contributed by atoms with E-state index < -0.39 is 12.3 Å². The molecule has 0 aromatic heterocycles. The summed E-state index contributed by atoms with van der Waals surface area (Å²) in [5.41, 5.74) is 0. The second-order valence-electron chi connectivity index (χ2n) is 2.83. The monoisotopic (exact) mass is 270 g/mol. The molecule has 0 amide bonds. The third-order valence-corrected chi connectivity index (χ3v) is 0.664. The van der Waals surface area contributed by atoms with E-state index in [9.17, 15) is 19.8 Å². The predicted molar refractivity (Wildman–Crippen MR) is 43.2 cm³/mol. The van der Waals surface area contributed by atoms with Gasteiger partial charge in [-0.25, -0.2) is 0 Å². The molecule has 0 aliphatic rings. The van der Waals surface area contributed by atoms with Gasteiger partial charge < -0.3 is 29.3 Å². The van der Waals surface area contributed by atoms with Gasteiger partial charge >= 0.3 is 19.5 Å². The quantitative estimate of drug-likeness (QED) is 0.496. The molecule has 0 saturated carbocycles. The van der Waals surface area contributed by atoms with Crippen molar-refractivity contribution in [3.63, 3.8) is 0 Å². The van der Waals surface area contributed by atoms with Crippen molar-refractivity contribution in [2.24, 2.45) is 0 Å². The number of carboxylic acid groups (broad SMARTS) is 2. The van der Waals surface area contributed by atoms with E-state index >= 15 is 0 Å². The minimum Gasteiger partial charge on any atom is -0.547 e. The molecule has 0 unspecified atom stereocenters. The summed E-state index contributed by atoms with van der Waals surface area (Å²) in [5.74, 6) is 0. The molecule has 6 nitrogen and oxygen atoms in total. The van der Waals surface area contributed by atoms with Crippen LogP contribution in [0.1, 0.15) is 27.7 Å². The Hall–Kier alpha value is -0.837. The zero-order valence-corrected chi connectivity index (χ0v) is 12.3. The molecular formula is C8H14O6Zn. The van der Waals surface area contributed by atoms with Gasteiger partial charge in [0, 0.05) is 12.2 Å². The van der Waals surface area contributed by atoms with Crippen LogP contribution in [0.2, 0.25) is 0 Å². The summed E-state index contributed by atoms with van der Waals surface area (Å²) in [6, 6.07) is 0. The first-order chi connectivity index (χ1) is 6.25. The number of carbonyl (C=O) groups excluding carboxylic acids is 2. The Kier molecular flexibility index (Phi) is 14.8. The summed E-state index contributed by atoms with van der Waals surface area (Å²) in [6.45, 7) is 6.48. The molecule has 0 saturated heterocycles. The van der Waals surface area contributed by atoms with Gasteiger partial charge in [0.15, 0.2) is 0 Å². The van der Waals surface area contributed by atoms with E-state index in [0.717, 1.165) is 0 Å². The number of hydrogen-bond acceptors (Lipinski definition) is 6. The van der Waals surface area contributed by atoms with Crippen LogP contribution in [0, 0.1) is 0 Å². The summed E-state index contributed by atoms with van der Waals surface area (Å²) >= 11 is 0. The topological polar surface area (TPSA) is 98.7 Å². The summed E-state index contributed by atoms with van der Waals surface area (Å²) < 4.78 is 8.11. The van der Waals surface area contributed by atoms with E-state index in [-0.39, 0.29) is 31.7 Å². The molecule has 0 atom stereocenters. The van der Waals surface area contributed by atoms with Crippen molar-refractivity contribution in [1.82, 2.24) is 0 Å². The molecule has 0 aromatic rings. The molecule has 0 aliphatic heterocycles. The van der Waals surface area contributed by atoms with Gasteiger partial charge in [-0.2, -0.15) is 0 Å². The molecule has 0 bridgehead atoms. The van der Waals surface area contributed by atoms with E-state index in [4.69, 9.17) is 0 Å². The molecule has 0 aromatic carbocycles. The van der Waals surface area contributed by atoms with E-state index in [2.05, 4.69) is 9.47 Å². The summed E-state index contributed by atoms with van der Waals surface area (Å²) in [6.07, 6.45) is -3.50. The number of carbonyl (C=O) groups is 2. The first kappa shape index (κ1) is 19.7. The molecule has 0 radical (unpaired) electrons. The average molecular weight is 272 g/mol. The van der Waals surface area contributed by atoms with E-state index in [0.29, 0.717) is 0 Å². The Bertz CT molecular complexity index is 160. The molecule has 84 valence electrons. The van der Waals surface area contributed by atoms with Crippen LogP contribution >= 0.6 is 0 Å². The standard InChI is InChI=1S/2C4H8O3.Zn/c2*1-3(2)7-4(5)6;/h2*3H,1-2H3,(H,5,6);/q;;+2/p-2. The smallest absolute Gasteiger partial charge is 0.547 e. The number of rotatable bonds is 2. The fraction of sp³-hybridized carbons (Fsp3) is 0.750. The van der Waals surface area contributed by atoms with Gasteiger partial charge in [-0.05, 0) is 27.7 Å². The first-order valence-electron chi connectivity index (χ1n) is 4.01.